The van der Waals surface area contributed by atoms with Crippen LogP contribution in [-0.2, 0) is 14.3 Å². The summed E-state index contributed by atoms with van der Waals surface area (Å²) in [4.78, 5) is 22.6. The molecule has 0 bridgehead atoms. The second-order valence-corrected chi connectivity index (χ2v) is 6.62. The fourth-order valence-electron chi connectivity index (χ4n) is 1.44. The van der Waals surface area contributed by atoms with Gasteiger partial charge in [-0.1, -0.05) is 0 Å². The number of hydrogen-bond donors (Lipinski definition) is 1. The maximum atomic E-state index is 11.4. The van der Waals surface area contributed by atoms with Crippen molar-refractivity contribution in [1.82, 2.24) is 0 Å². The van der Waals surface area contributed by atoms with Gasteiger partial charge in [0.2, 0.25) is 0 Å². The van der Waals surface area contributed by atoms with Gasteiger partial charge in [-0.2, -0.15) is 0 Å². The number of hydrogen-bond acceptors (Lipinski definition) is 4. The van der Waals surface area contributed by atoms with Gasteiger partial charge in [-0.15, -0.1) is 0 Å². The first kappa shape index (κ1) is 17.1. The summed E-state index contributed by atoms with van der Waals surface area (Å²) in [6.07, 6.45) is 2.01. The monoisotopic (exact) mass is 258 g/mol. The molecule has 4 heteroatoms. The molecule has 1 atom stereocenters. The first-order chi connectivity index (χ1) is 7.90. The van der Waals surface area contributed by atoms with Gasteiger partial charge in [-0.25, -0.2) is 0 Å². The van der Waals surface area contributed by atoms with Crippen LogP contribution in [0.15, 0.2) is 0 Å². The average molecular weight is 258 g/mol. The highest BCUT2D eigenvalue weighted by molar-refractivity contribution is 6.00. The molecule has 1 N–H and O–H groups in total. The zero-order chi connectivity index (χ0) is 14.6. The molecule has 0 radical (unpaired) electrons. The summed E-state index contributed by atoms with van der Waals surface area (Å²) in [5.41, 5.74) is -0.986. The molecule has 1 rings (SSSR count). The van der Waals surface area contributed by atoms with Gasteiger partial charge < -0.3 is 9.84 Å². The van der Waals surface area contributed by atoms with Crippen molar-refractivity contribution < 1.29 is 19.4 Å². The Balaban J connectivity index is 0.000000494. The number of esters is 1. The van der Waals surface area contributed by atoms with E-state index in [4.69, 9.17) is 9.84 Å². The quantitative estimate of drug-likeness (QED) is 0.579. The van der Waals surface area contributed by atoms with Crippen molar-refractivity contribution in [2.75, 3.05) is 0 Å². The van der Waals surface area contributed by atoms with Gasteiger partial charge >= 0.3 is 5.97 Å². The number of rotatable bonds is 1. The molecule has 1 saturated carbocycles. The van der Waals surface area contributed by atoms with Crippen molar-refractivity contribution in [3.63, 3.8) is 0 Å². The molecule has 18 heavy (non-hydrogen) atoms. The molecule has 0 heterocycles. The SMILES string of the molecule is CC(C)(C)O.CC(C)(C)OC(=O)C1CCCC1=O. The van der Waals surface area contributed by atoms with Gasteiger partial charge in [-0.05, 0) is 54.4 Å². The number of carbonyl (C=O) groups is 2. The Hall–Kier alpha value is -0.900. The maximum Gasteiger partial charge on any atom is 0.316 e. The number of ketones is 1. The second-order valence-electron chi connectivity index (χ2n) is 6.62. The summed E-state index contributed by atoms with van der Waals surface area (Å²) in [5, 5.41) is 8.52. The van der Waals surface area contributed by atoms with Crippen molar-refractivity contribution in [1.29, 1.82) is 0 Å². The summed E-state index contributed by atoms with van der Waals surface area (Å²) in [5.74, 6) is -0.802. The lowest BCUT2D eigenvalue weighted by atomic mass is 10.1. The normalized spacial score (nSPS) is 20.2. The summed E-state index contributed by atoms with van der Waals surface area (Å²) < 4.78 is 5.13. The Bertz CT molecular complexity index is 288. The lowest BCUT2D eigenvalue weighted by molar-refractivity contribution is -0.161. The number of carbonyl (C=O) groups excluding carboxylic acids is 2. The molecule has 0 amide bonds. The molecule has 1 fully saturated rings. The lowest BCUT2D eigenvalue weighted by Gasteiger charge is -2.21. The molecule has 0 aromatic heterocycles. The van der Waals surface area contributed by atoms with Gasteiger partial charge in [0, 0.05) is 6.42 Å². The van der Waals surface area contributed by atoms with Crippen LogP contribution in [0.1, 0.15) is 60.8 Å². The van der Waals surface area contributed by atoms with Crippen LogP contribution in [0.25, 0.3) is 0 Å². The molecule has 0 aromatic rings. The summed E-state index contributed by atoms with van der Waals surface area (Å²) >= 11 is 0. The number of Topliss-reactive ketones (excluding diaryl/α,β-unsaturated/α-hetero) is 1. The van der Waals surface area contributed by atoms with E-state index in [2.05, 4.69) is 0 Å². The maximum absolute atomic E-state index is 11.4. The Morgan fingerprint density at radius 2 is 1.67 bits per heavy atom. The first-order valence-electron chi connectivity index (χ1n) is 6.38. The minimum atomic E-state index is -0.500. The van der Waals surface area contributed by atoms with Crippen molar-refractivity contribution in [2.45, 2.75) is 72.0 Å². The van der Waals surface area contributed by atoms with Crippen molar-refractivity contribution in [3.05, 3.63) is 0 Å². The Labute approximate surface area is 110 Å². The van der Waals surface area contributed by atoms with Crippen LogP contribution in [0.4, 0.5) is 0 Å². The van der Waals surface area contributed by atoms with Gasteiger partial charge in [0.05, 0.1) is 5.60 Å². The molecule has 0 aromatic carbocycles. The Kier molecular flexibility index (Phi) is 6.00. The molecule has 4 nitrogen and oxygen atoms in total. The van der Waals surface area contributed by atoms with Crippen LogP contribution in [0.5, 0.6) is 0 Å². The van der Waals surface area contributed by atoms with Crippen molar-refractivity contribution in [2.24, 2.45) is 5.92 Å². The molecular weight excluding hydrogens is 232 g/mol. The van der Waals surface area contributed by atoms with E-state index in [1.807, 2.05) is 20.8 Å². The van der Waals surface area contributed by atoms with Gasteiger partial charge in [0.15, 0.2) is 0 Å². The smallest absolute Gasteiger partial charge is 0.316 e. The summed E-state index contributed by atoms with van der Waals surface area (Å²) in [6, 6.07) is 0. The average Bonchev–Trinajstić information content (AvgIpc) is 2.44. The van der Waals surface area contributed by atoms with Crippen LogP contribution >= 0.6 is 0 Å². The van der Waals surface area contributed by atoms with E-state index in [-0.39, 0.29) is 11.8 Å². The first-order valence-corrected chi connectivity index (χ1v) is 6.38. The fraction of sp³-hybridized carbons (Fsp3) is 0.857. The molecule has 1 aliphatic rings. The largest absolute Gasteiger partial charge is 0.459 e. The van der Waals surface area contributed by atoms with E-state index in [9.17, 15) is 9.59 Å². The van der Waals surface area contributed by atoms with E-state index in [0.717, 1.165) is 6.42 Å². The second kappa shape index (κ2) is 6.32. The third-order valence-corrected chi connectivity index (χ3v) is 2.00. The van der Waals surface area contributed by atoms with Gasteiger partial charge in [-0.3, -0.25) is 9.59 Å². The van der Waals surface area contributed by atoms with Crippen molar-refractivity contribution in [3.8, 4) is 0 Å². The van der Waals surface area contributed by atoms with Gasteiger partial charge in [0.1, 0.15) is 17.3 Å². The number of ether oxygens (including phenoxy) is 1. The zero-order valence-corrected chi connectivity index (χ0v) is 12.4. The molecule has 0 aliphatic heterocycles. The standard InChI is InChI=1S/C10H16O3.C4H10O/c1-10(2,3)13-9(12)7-5-4-6-8(7)11;1-4(2,3)5/h7H,4-6H2,1-3H3;5H,1-3H3. The van der Waals surface area contributed by atoms with Crippen LogP contribution in [-0.4, -0.2) is 28.1 Å². The minimum Gasteiger partial charge on any atom is -0.459 e. The highest BCUT2D eigenvalue weighted by Crippen LogP contribution is 2.24. The number of aliphatic hydroxyl groups is 1. The predicted molar refractivity (Wildman–Crippen MR) is 70.2 cm³/mol. The van der Waals surface area contributed by atoms with E-state index >= 15 is 0 Å². The molecule has 1 aliphatic carbocycles. The molecule has 0 saturated heterocycles. The van der Waals surface area contributed by atoms with Crippen LogP contribution in [0, 0.1) is 5.92 Å². The van der Waals surface area contributed by atoms with E-state index in [0.29, 0.717) is 12.8 Å². The fourth-order valence-corrected chi connectivity index (χ4v) is 1.44. The molecular formula is C14H26O4. The zero-order valence-electron chi connectivity index (χ0n) is 12.4. The minimum absolute atomic E-state index is 0.0363. The molecule has 0 spiro atoms. The van der Waals surface area contributed by atoms with Crippen LogP contribution in [0.3, 0.4) is 0 Å². The highest BCUT2D eigenvalue weighted by Gasteiger charge is 2.34. The highest BCUT2D eigenvalue weighted by atomic mass is 16.6. The Morgan fingerprint density at radius 3 is 1.94 bits per heavy atom. The van der Waals surface area contributed by atoms with E-state index in [1.165, 1.54) is 0 Å². The Morgan fingerprint density at radius 1 is 1.22 bits per heavy atom. The van der Waals surface area contributed by atoms with Crippen LogP contribution < -0.4 is 0 Å². The van der Waals surface area contributed by atoms with Gasteiger partial charge in [0.25, 0.3) is 0 Å². The van der Waals surface area contributed by atoms with E-state index < -0.39 is 17.1 Å². The topological polar surface area (TPSA) is 63.6 Å². The molecule has 106 valence electrons. The van der Waals surface area contributed by atoms with Crippen molar-refractivity contribution >= 4 is 11.8 Å². The van der Waals surface area contributed by atoms with Crippen LogP contribution in [0.2, 0.25) is 0 Å². The summed E-state index contributed by atoms with van der Waals surface area (Å²) in [6.45, 7) is 10.7. The third-order valence-electron chi connectivity index (χ3n) is 2.00. The predicted octanol–water partition coefficient (Wildman–Crippen LogP) is 2.47. The summed E-state index contributed by atoms with van der Waals surface area (Å²) in [7, 11) is 0. The molecule has 1 unspecified atom stereocenters. The lowest BCUT2D eigenvalue weighted by Crippen LogP contribution is -2.30. The van der Waals surface area contributed by atoms with E-state index in [1.54, 1.807) is 20.8 Å². The third kappa shape index (κ3) is 9.16.